The van der Waals surface area contributed by atoms with E-state index in [0.29, 0.717) is 28.4 Å². The maximum atomic E-state index is 12.3. The van der Waals surface area contributed by atoms with Gasteiger partial charge in [-0.2, -0.15) is 0 Å². The second-order valence-corrected chi connectivity index (χ2v) is 5.01. The number of hydrogen-bond acceptors (Lipinski definition) is 5. The monoisotopic (exact) mass is 298 g/mol. The molecule has 0 amide bonds. The van der Waals surface area contributed by atoms with Crippen molar-refractivity contribution in [2.75, 3.05) is 6.61 Å². The van der Waals surface area contributed by atoms with Crippen molar-refractivity contribution in [2.45, 2.75) is 13.8 Å². The molecule has 5 heteroatoms. The molecule has 1 aromatic heterocycles. The van der Waals surface area contributed by atoms with Crippen molar-refractivity contribution in [3.05, 3.63) is 53.2 Å². The van der Waals surface area contributed by atoms with Crippen LogP contribution in [0.5, 0.6) is 11.5 Å². The van der Waals surface area contributed by atoms with Crippen LogP contribution in [0.25, 0.3) is 6.08 Å². The van der Waals surface area contributed by atoms with Crippen LogP contribution in [0.1, 0.15) is 28.6 Å². The van der Waals surface area contributed by atoms with Crippen LogP contribution in [-0.4, -0.2) is 18.2 Å². The predicted octanol–water partition coefficient (Wildman–Crippen LogP) is 3.17. The third-order valence-electron chi connectivity index (χ3n) is 3.28. The van der Waals surface area contributed by atoms with Crippen LogP contribution in [0.4, 0.5) is 0 Å². The van der Waals surface area contributed by atoms with E-state index in [1.165, 1.54) is 13.2 Å². The number of allylic oxidation sites excluding steroid dienone is 1. The van der Waals surface area contributed by atoms with Gasteiger partial charge in [0.25, 0.3) is 0 Å². The molecular formula is C17H14O5. The zero-order chi connectivity index (χ0) is 15.7. The van der Waals surface area contributed by atoms with Gasteiger partial charge in [-0.25, -0.2) is 0 Å². The largest absolute Gasteiger partial charge is 0.485 e. The molecule has 1 aliphatic rings. The highest BCUT2D eigenvalue weighted by atomic mass is 16.5. The highest BCUT2D eigenvalue weighted by Crippen LogP contribution is 2.39. The van der Waals surface area contributed by atoms with Gasteiger partial charge in [-0.05, 0) is 38.1 Å². The van der Waals surface area contributed by atoms with E-state index in [1.54, 1.807) is 37.3 Å². The summed E-state index contributed by atoms with van der Waals surface area (Å²) in [5, 5.41) is 0. The van der Waals surface area contributed by atoms with Crippen molar-refractivity contribution in [1.29, 1.82) is 0 Å². The highest BCUT2D eigenvalue weighted by molar-refractivity contribution is 6.14. The fourth-order valence-corrected chi connectivity index (χ4v) is 2.21. The van der Waals surface area contributed by atoms with Crippen LogP contribution in [0.15, 0.2) is 40.7 Å². The molecule has 1 aromatic carbocycles. The van der Waals surface area contributed by atoms with Crippen LogP contribution >= 0.6 is 0 Å². The minimum atomic E-state index is -0.201. The Morgan fingerprint density at radius 2 is 2.14 bits per heavy atom. The summed E-state index contributed by atoms with van der Waals surface area (Å²) in [5.74, 6) is 1.46. The first-order chi connectivity index (χ1) is 10.6. The van der Waals surface area contributed by atoms with E-state index in [2.05, 4.69) is 0 Å². The summed E-state index contributed by atoms with van der Waals surface area (Å²) in [4.78, 5) is 23.3. The molecule has 0 saturated carbocycles. The molecule has 2 aromatic rings. The van der Waals surface area contributed by atoms with Gasteiger partial charge in [0.15, 0.2) is 11.5 Å². The Kier molecular flexibility index (Phi) is 3.55. The minimum absolute atomic E-state index is 0.0112. The lowest BCUT2D eigenvalue weighted by molar-refractivity contribution is -0.118. The summed E-state index contributed by atoms with van der Waals surface area (Å²) < 4.78 is 16.3. The van der Waals surface area contributed by atoms with Crippen molar-refractivity contribution >= 4 is 17.6 Å². The number of rotatable bonds is 4. The third-order valence-corrected chi connectivity index (χ3v) is 3.28. The molecule has 22 heavy (non-hydrogen) atoms. The number of fused-ring (bicyclic) bond motifs is 1. The number of carbonyl (C=O) groups is 2. The number of ketones is 2. The average Bonchev–Trinajstić information content (AvgIpc) is 3.09. The van der Waals surface area contributed by atoms with E-state index < -0.39 is 0 Å². The molecule has 0 fully saturated rings. The molecule has 0 spiro atoms. The Balaban J connectivity index is 1.92. The molecule has 0 N–H and O–H groups in total. The van der Waals surface area contributed by atoms with Crippen LogP contribution < -0.4 is 9.47 Å². The lowest BCUT2D eigenvalue weighted by Gasteiger charge is -2.10. The molecular weight excluding hydrogens is 284 g/mol. The maximum Gasteiger partial charge on any atom is 0.232 e. The van der Waals surface area contributed by atoms with E-state index >= 15 is 0 Å². The smallest absolute Gasteiger partial charge is 0.232 e. The molecule has 5 nitrogen and oxygen atoms in total. The van der Waals surface area contributed by atoms with E-state index in [4.69, 9.17) is 13.9 Å². The van der Waals surface area contributed by atoms with Gasteiger partial charge in [-0.1, -0.05) is 0 Å². The number of ether oxygens (including phenoxy) is 2. The number of furan rings is 1. The minimum Gasteiger partial charge on any atom is -0.485 e. The standard InChI is InChI=1S/C17H14O5/c1-10(18)9-21-14-6-5-13-16(19)15(22-17(13)11(14)2)8-12-4-3-7-20-12/h3-8H,9H2,1-2H3. The fourth-order valence-electron chi connectivity index (χ4n) is 2.21. The Hall–Kier alpha value is -2.82. The second-order valence-electron chi connectivity index (χ2n) is 5.01. The molecule has 0 unspecified atom stereocenters. The van der Waals surface area contributed by atoms with Crippen molar-refractivity contribution in [2.24, 2.45) is 0 Å². The number of carbonyl (C=O) groups excluding carboxylic acids is 2. The number of benzene rings is 1. The van der Waals surface area contributed by atoms with Gasteiger partial charge >= 0.3 is 0 Å². The molecule has 112 valence electrons. The van der Waals surface area contributed by atoms with Crippen molar-refractivity contribution in [3.8, 4) is 11.5 Å². The first-order valence-corrected chi connectivity index (χ1v) is 6.80. The zero-order valence-corrected chi connectivity index (χ0v) is 12.2. The molecule has 3 rings (SSSR count). The van der Waals surface area contributed by atoms with Crippen LogP contribution in [0.3, 0.4) is 0 Å². The van der Waals surface area contributed by atoms with Gasteiger partial charge in [0.05, 0.1) is 11.8 Å². The number of hydrogen-bond donors (Lipinski definition) is 0. The van der Waals surface area contributed by atoms with E-state index in [1.807, 2.05) is 0 Å². The molecule has 0 saturated heterocycles. The predicted molar refractivity (Wildman–Crippen MR) is 79.0 cm³/mol. The van der Waals surface area contributed by atoms with Gasteiger partial charge in [0.1, 0.15) is 23.9 Å². The SMILES string of the molecule is CC(=O)COc1ccc2c(c1C)OC(=Cc1ccco1)C2=O. The topological polar surface area (TPSA) is 65.7 Å². The molecule has 1 aliphatic heterocycles. The summed E-state index contributed by atoms with van der Waals surface area (Å²) in [6.45, 7) is 3.23. The summed E-state index contributed by atoms with van der Waals surface area (Å²) in [6.07, 6.45) is 3.08. The highest BCUT2D eigenvalue weighted by Gasteiger charge is 2.30. The van der Waals surface area contributed by atoms with Gasteiger partial charge in [-0.15, -0.1) is 0 Å². The Bertz CT molecular complexity index is 769. The maximum absolute atomic E-state index is 12.3. The lowest BCUT2D eigenvalue weighted by atomic mass is 10.1. The summed E-state index contributed by atoms with van der Waals surface area (Å²) >= 11 is 0. The number of Topliss-reactive ketones (excluding diaryl/α,β-unsaturated/α-hetero) is 2. The lowest BCUT2D eigenvalue weighted by Crippen LogP contribution is -2.07. The van der Waals surface area contributed by atoms with Crippen LogP contribution in [0, 0.1) is 6.92 Å². The van der Waals surface area contributed by atoms with E-state index in [-0.39, 0.29) is 23.9 Å². The first kappa shape index (κ1) is 14.1. The van der Waals surface area contributed by atoms with Crippen molar-refractivity contribution in [3.63, 3.8) is 0 Å². The molecule has 0 bridgehead atoms. The van der Waals surface area contributed by atoms with Gasteiger partial charge < -0.3 is 13.9 Å². The van der Waals surface area contributed by atoms with Gasteiger partial charge in [0.2, 0.25) is 5.78 Å². The Morgan fingerprint density at radius 3 is 2.82 bits per heavy atom. The zero-order valence-electron chi connectivity index (χ0n) is 12.2. The average molecular weight is 298 g/mol. The molecule has 2 heterocycles. The molecule has 0 atom stereocenters. The van der Waals surface area contributed by atoms with Gasteiger partial charge in [-0.3, -0.25) is 9.59 Å². The van der Waals surface area contributed by atoms with Crippen LogP contribution in [0.2, 0.25) is 0 Å². The van der Waals surface area contributed by atoms with Crippen molar-refractivity contribution < 1.29 is 23.5 Å². The van der Waals surface area contributed by atoms with Gasteiger partial charge in [0, 0.05) is 11.6 Å². The quantitative estimate of drug-likeness (QED) is 0.811. The Labute approximate surface area is 127 Å². The van der Waals surface area contributed by atoms with Crippen LogP contribution in [-0.2, 0) is 4.79 Å². The fraction of sp³-hybridized carbons (Fsp3) is 0.176. The normalized spacial score (nSPS) is 14.8. The van der Waals surface area contributed by atoms with E-state index in [9.17, 15) is 9.59 Å². The van der Waals surface area contributed by atoms with E-state index in [0.717, 1.165) is 0 Å². The second kappa shape index (κ2) is 5.52. The summed E-state index contributed by atoms with van der Waals surface area (Å²) in [6, 6.07) is 6.79. The first-order valence-electron chi connectivity index (χ1n) is 6.80. The summed E-state index contributed by atoms with van der Waals surface area (Å²) in [5.41, 5.74) is 1.17. The molecule has 0 radical (unpaired) electrons. The molecule has 0 aliphatic carbocycles. The van der Waals surface area contributed by atoms with Crippen molar-refractivity contribution in [1.82, 2.24) is 0 Å². The third kappa shape index (κ3) is 2.53. The summed E-state index contributed by atoms with van der Waals surface area (Å²) in [7, 11) is 0. The Morgan fingerprint density at radius 1 is 1.32 bits per heavy atom.